The van der Waals surface area contributed by atoms with E-state index < -0.39 is 6.03 Å². The molecule has 2 amide bonds. The number of carbonyl (C=O) groups is 2. The van der Waals surface area contributed by atoms with E-state index in [4.69, 9.17) is 10.5 Å². The molecule has 0 atom stereocenters. The summed E-state index contributed by atoms with van der Waals surface area (Å²) >= 11 is 1.52. The van der Waals surface area contributed by atoms with Crippen molar-refractivity contribution in [3.8, 4) is 0 Å². The van der Waals surface area contributed by atoms with Crippen LogP contribution in [0.4, 0.5) is 9.80 Å². The first-order chi connectivity index (χ1) is 10.5. The van der Waals surface area contributed by atoms with Crippen LogP contribution in [-0.4, -0.2) is 24.6 Å². The van der Waals surface area contributed by atoms with E-state index in [1.165, 1.54) is 27.5 Å². The SMILES string of the molecule is CCOC(=O)c1c(N(C(N)=O)C(C)C)sc2c1CCCCC2. The number of esters is 1. The summed E-state index contributed by atoms with van der Waals surface area (Å²) in [6, 6.07) is -0.634. The molecule has 0 fully saturated rings. The van der Waals surface area contributed by atoms with Gasteiger partial charge in [-0.1, -0.05) is 6.42 Å². The summed E-state index contributed by atoms with van der Waals surface area (Å²) in [5.41, 5.74) is 7.15. The molecule has 0 saturated carbocycles. The van der Waals surface area contributed by atoms with E-state index in [-0.39, 0.29) is 12.0 Å². The van der Waals surface area contributed by atoms with E-state index in [1.54, 1.807) is 6.92 Å². The number of nitrogens with two attached hydrogens (primary N) is 1. The molecule has 1 aromatic heterocycles. The van der Waals surface area contributed by atoms with Crippen molar-refractivity contribution in [3.05, 3.63) is 16.0 Å². The number of thiophene rings is 1. The van der Waals surface area contributed by atoms with Gasteiger partial charge >= 0.3 is 12.0 Å². The first-order valence-electron chi connectivity index (χ1n) is 7.87. The molecule has 0 saturated heterocycles. The zero-order chi connectivity index (χ0) is 16.3. The van der Waals surface area contributed by atoms with Crippen LogP contribution in [0.25, 0.3) is 0 Å². The molecule has 5 nitrogen and oxygen atoms in total. The minimum atomic E-state index is -0.531. The zero-order valence-electron chi connectivity index (χ0n) is 13.5. The minimum absolute atomic E-state index is 0.104. The smallest absolute Gasteiger partial charge is 0.341 e. The van der Waals surface area contributed by atoms with Gasteiger partial charge < -0.3 is 10.5 Å². The third kappa shape index (κ3) is 3.27. The Kier molecular flexibility index (Phi) is 5.45. The number of urea groups is 1. The van der Waals surface area contributed by atoms with Crippen molar-refractivity contribution in [3.63, 3.8) is 0 Å². The monoisotopic (exact) mass is 324 g/mol. The molecule has 1 aromatic rings. The predicted octanol–water partition coefficient (Wildman–Crippen LogP) is 3.49. The summed E-state index contributed by atoms with van der Waals surface area (Å²) in [5.74, 6) is -0.344. The fourth-order valence-corrected chi connectivity index (χ4v) is 4.42. The van der Waals surface area contributed by atoms with Gasteiger partial charge in [-0.15, -0.1) is 11.3 Å². The molecule has 0 bridgehead atoms. The molecule has 122 valence electrons. The lowest BCUT2D eigenvalue weighted by Gasteiger charge is -2.24. The van der Waals surface area contributed by atoms with E-state index in [0.717, 1.165) is 31.2 Å². The Balaban J connectivity index is 2.57. The van der Waals surface area contributed by atoms with Crippen molar-refractivity contribution in [1.82, 2.24) is 0 Å². The third-order valence-corrected chi connectivity index (χ3v) is 5.15. The average Bonchev–Trinajstić information content (AvgIpc) is 2.62. The summed E-state index contributed by atoms with van der Waals surface area (Å²) in [5, 5.41) is 0.646. The van der Waals surface area contributed by atoms with Crippen molar-refractivity contribution >= 4 is 28.3 Å². The average molecular weight is 324 g/mol. The Morgan fingerprint density at radius 1 is 1.27 bits per heavy atom. The van der Waals surface area contributed by atoms with Crippen LogP contribution in [0.3, 0.4) is 0 Å². The molecule has 2 rings (SSSR count). The molecular formula is C16H24N2O3S. The van der Waals surface area contributed by atoms with Crippen LogP contribution in [0.1, 0.15) is 60.8 Å². The first-order valence-corrected chi connectivity index (χ1v) is 8.69. The lowest BCUT2D eigenvalue weighted by Crippen LogP contribution is -2.41. The van der Waals surface area contributed by atoms with Gasteiger partial charge in [0.2, 0.25) is 0 Å². The minimum Gasteiger partial charge on any atom is -0.462 e. The van der Waals surface area contributed by atoms with E-state index >= 15 is 0 Å². The molecule has 6 heteroatoms. The van der Waals surface area contributed by atoms with Gasteiger partial charge in [0, 0.05) is 10.9 Å². The van der Waals surface area contributed by atoms with Gasteiger partial charge in [0.05, 0.1) is 12.2 Å². The van der Waals surface area contributed by atoms with Crippen molar-refractivity contribution in [2.24, 2.45) is 5.73 Å². The topological polar surface area (TPSA) is 72.6 Å². The predicted molar refractivity (Wildman–Crippen MR) is 88.7 cm³/mol. The molecule has 22 heavy (non-hydrogen) atoms. The molecule has 2 N–H and O–H groups in total. The second kappa shape index (κ2) is 7.13. The van der Waals surface area contributed by atoms with Gasteiger partial charge in [-0.2, -0.15) is 0 Å². The highest BCUT2D eigenvalue weighted by Gasteiger charge is 2.31. The van der Waals surface area contributed by atoms with Crippen LogP contribution in [-0.2, 0) is 17.6 Å². The number of nitrogens with zero attached hydrogens (tertiary/aromatic N) is 1. The van der Waals surface area contributed by atoms with E-state index in [1.807, 2.05) is 13.8 Å². The number of ether oxygens (including phenoxy) is 1. The molecule has 0 spiro atoms. The maximum absolute atomic E-state index is 12.5. The number of hydrogen-bond donors (Lipinski definition) is 1. The van der Waals surface area contributed by atoms with Gasteiger partial charge in [-0.05, 0) is 52.0 Å². The number of anilines is 1. The normalized spacial score (nSPS) is 14.4. The fourth-order valence-electron chi connectivity index (χ4n) is 2.90. The lowest BCUT2D eigenvalue weighted by molar-refractivity contribution is 0.0526. The molecule has 1 heterocycles. The maximum atomic E-state index is 12.5. The Morgan fingerprint density at radius 3 is 2.55 bits per heavy atom. The van der Waals surface area contributed by atoms with E-state index in [9.17, 15) is 9.59 Å². The van der Waals surface area contributed by atoms with Crippen LogP contribution < -0.4 is 10.6 Å². The van der Waals surface area contributed by atoms with Gasteiger partial charge in [0.1, 0.15) is 5.00 Å². The van der Waals surface area contributed by atoms with Crippen LogP contribution in [0, 0.1) is 0 Å². The molecule has 0 unspecified atom stereocenters. The summed E-state index contributed by atoms with van der Waals surface area (Å²) in [7, 11) is 0. The van der Waals surface area contributed by atoms with Gasteiger partial charge in [0.15, 0.2) is 0 Å². The highest BCUT2D eigenvalue weighted by atomic mass is 32.1. The quantitative estimate of drug-likeness (QED) is 0.680. The Bertz CT molecular complexity index is 566. The Hall–Kier alpha value is -1.56. The van der Waals surface area contributed by atoms with Crippen molar-refractivity contribution in [1.29, 1.82) is 0 Å². The molecule has 0 aliphatic heterocycles. The zero-order valence-corrected chi connectivity index (χ0v) is 14.3. The van der Waals surface area contributed by atoms with Crippen molar-refractivity contribution in [2.45, 2.75) is 58.9 Å². The van der Waals surface area contributed by atoms with Crippen molar-refractivity contribution < 1.29 is 14.3 Å². The standard InChI is InChI=1S/C16H24N2O3S/c1-4-21-15(19)13-11-8-6-5-7-9-12(11)22-14(13)18(10(2)3)16(17)20/h10H,4-9H2,1-3H3,(H2,17,20). The lowest BCUT2D eigenvalue weighted by atomic mass is 10.1. The number of amides is 2. The highest BCUT2D eigenvalue weighted by Crippen LogP contribution is 2.40. The van der Waals surface area contributed by atoms with Crippen LogP contribution >= 0.6 is 11.3 Å². The van der Waals surface area contributed by atoms with Gasteiger partial charge in [0.25, 0.3) is 0 Å². The fraction of sp³-hybridized carbons (Fsp3) is 0.625. The van der Waals surface area contributed by atoms with Crippen LogP contribution in [0.2, 0.25) is 0 Å². The number of rotatable bonds is 4. The van der Waals surface area contributed by atoms with Crippen LogP contribution in [0.15, 0.2) is 0 Å². The number of aryl methyl sites for hydroxylation is 1. The highest BCUT2D eigenvalue weighted by molar-refractivity contribution is 7.17. The van der Waals surface area contributed by atoms with Gasteiger partial charge in [-0.25, -0.2) is 9.59 Å². The Labute approximate surface area is 135 Å². The third-order valence-electron chi connectivity index (χ3n) is 3.85. The first kappa shape index (κ1) is 16.8. The Morgan fingerprint density at radius 2 is 1.95 bits per heavy atom. The second-order valence-corrected chi connectivity index (χ2v) is 6.85. The van der Waals surface area contributed by atoms with Crippen LogP contribution in [0.5, 0.6) is 0 Å². The second-order valence-electron chi connectivity index (χ2n) is 5.77. The molecule has 1 aliphatic rings. The maximum Gasteiger partial charge on any atom is 0.341 e. The molecule has 1 aliphatic carbocycles. The molecular weight excluding hydrogens is 300 g/mol. The number of primary amides is 1. The summed E-state index contributed by atoms with van der Waals surface area (Å²) < 4.78 is 5.23. The number of fused-ring (bicyclic) bond motifs is 1. The number of carbonyl (C=O) groups excluding carboxylic acids is 2. The summed E-state index contributed by atoms with van der Waals surface area (Å²) in [6.45, 7) is 5.90. The van der Waals surface area contributed by atoms with E-state index in [2.05, 4.69) is 0 Å². The van der Waals surface area contributed by atoms with E-state index in [0.29, 0.717) is 17.2 Å². The summed E-state index contributed by atoms with van der Waals surface area (Å²) in [6.07, 6.45) is 5.17. The summed E-state index contributed by atoms with van der Waals surface area (Å²) in [4.78, 5) is 27.0. The molecule has 0 radical (unpaired) electrons. The largest absolute Gasteiger partial charge is 0.462 e. The van der Waals surface area contributed by atoms with Crippen molar-refractivity contribution in [2.75, 3.05) is 11.5 Å². The van der Waals surface area contributed by atoms with Gasteiger partial charge in [-0.3, -0.25) is 4.90 Å². The number of hydrogen-bond acceptors (Lipinski definition) is 4. The molecule has 0 aromatic carbocycles.